The second-order valence-electron chi connectivity index (χ2n) is 8.86. The summed E-state index contributed by atoms with van der Waals surface area (Å²) in [6.45, 7) is 6.01. The van der Waals surface area contributed by atoms with Crippen molar-refractivity contribution in [1.82, 2.24) is 4.57 Å². The zero-order valence-electron chi connectivity index (χ0n) is 19.1. The average Bonchev–Trinajstić information content (AvgIpc) is 3.33. The summed E-state index contributed by atoms with van der Waals surface area (Å²) in [7, 11) is 0. The third kappa shape index (κ3) is 5.55. The average molecular weight is 450 g/mol. The molecule has 1 N–H and O–H groups in total. The molecule has 1 saturated carbocycles. The summed E-state index contributed by atoms with van der Waals surface area (Å²) in [6.07, 6.45) is 7.40. The number of aliphatic hydroxyl groups is 1. The number of carbonyl (C=O) groups excluding carboxylic acids is 1. The highest BCUT2D eigenvalue weighted by atomic mass is 19.3. The van der Waals surface area contributed by atoms with Gasteiger partial charge >= 0.3 is 5.97 Å². The quantitative estimate of drug-likeness (QED) is 0.312. The monoisotopic (exact) mass is 449 g/mol. The van der Waals surface area contributed by atoms with Crippen molar-refractivity contribution < 1.29 is 28.0 Å². The van der Waals surface area contributed by atoms with Crippen LogP contribution >= 0.6 is 0 Å². The summed E-state index contributed by atoms with van der Waals surface area (Å²) in [4.78, 5) is 13.0. The van der Waals surface area contributed by atoms with E-state index in [0.717, 1.165) is 18.8 Å². The fourth-order valence-electron chi connectivity index (χ4n) is 4.58. The van der Waals surface area contributed by atoms with Crippen molar-refractivity contribution >= 4 is 5.97 Å². The summed E-state index contributed by atoms with van der Waals surface area (Å²) in [5.41, 5.74) is -1.76. The lowest BCUT2D eigenvalue weighted by Crippen LogP contribution is -2.44. The maximum absolute atomic E-state index is 13.9. The molecule has 2 atom stereocenters. The number of aryl methyl sites for hydroxylation is 2. The second-order valence-corrected chi connectivity index (χ2v) is 8.86. The number of halogens is 2. The Bertz CT molecular complexity index is 885. The highest BCUT2D eigenvalue weighted by Gasteiger charge is 2.54. The van der Waals surface area contributed by atoms with Crippen LogP contribution in [-0.4, -0.2) is 28.2 Å². The van der Waals surface area contributed by atoms with Crippen LogP contribution in [0.1, 0.15) is 63.3 Å². The van der Waals surface area contributed by atoms with Crippen molar-refractivity contribution in [2.45, 2.75) is 83.4 Å². The maximum Gasteiger partial charge on any atom is 0.343 e. The highest BCUT2D eigenvalue weighted by Crippen LogP contribution is 2.47. The Morgan fingerprint density at radius 3 is 2.69 bits per heavy atom. The van der Waals surface area contributed by atoms with E-state index < -0.39 is 29.8 Å². The van der Waals surface area contributed by atoms with Gasteiger partial charge in [0.2, 0.25) is 5.92 Å². The third-order valence-corrected chi connectivity index (χ3v) is 6.56. The van der Waals surface area contributed by atoms with Gasteiger partial charge in [0.25, 0.3) is 5.82 Å². The zero-order chi connectivity index (χ0) is 23.2. The summed E-state index contributed by atoms with van der Waals surface area (Å²) in [6, 6.07) is 8.32. The molecule has 0 saturated heterocycles. The molecular formula is C25H35F2N2O3+. The summed E-state index contributed by atoms with van der Waals surface area (Å²) in [5, 5.41) is 11.3. The molecule has 32 heavy (non-hydrogen) atoms. The molecule has 0 unspecified atom stereocenters. The Balaban J connectivity index is 1.59. The first-order valence-electron chi connectivity index (χ1n) is 11.7. The number of esters is 1. The van der Waals surface area contributed by atoms with Crippen LogP contribution in [0, 0.1) is 12.8 Å². The van der Waals surface area contributed by atoms with Crippen molar-refractivity contribution in [3.63, 3.8) is 0 Å². The Hall–Kier alpha value is -2.28. The van der Waals surface area contributed by atoms with Crippen LogP contribution in [0.25, 0.3) is 0 Å². The Labute approximate surface area is 189 Å². The van der Waals surface area contributed by atoms with Crippen LogP contribution in [0.15, 0.2) is 42.7 Å². The van der Waals surface area contributed by atoms with E-state index >= 15 is 0 Å². The van der Waals surface area contributed by atoms with Gasteiger partial charge in [-0.05, 0) is 24.8 Å². The minimum atomic E-state index is -2.87. The number of benzene rings is 1. The smallest absolute Gasteiger partial charge is 0.343 e. The molecule has 1 fully saturated rings. The van der Waals surface area contributed by atoms with Crippen molar-refractivity contribution in [1.29, 1.82) is 0 Å². The van der Waals surface area contributed by atoms with Crippen molar-refractivity contribution in [2.75, 3.05) is 6.61 Å². The van der Waals surface area contributed by atoms with Gasteiger partial charge in [0.15, 0.2) is 5.60 Å². The number of rotatable bonds is 11. The number of hydrogen-bond acceptors (Lipinski definition) is 3. The first-order valence-corrected chi connectivity index (χ1v) is 11.7. The number of alkyl halides is 2. The lowest BCUT2D eigenvalue weighted by atomic mass is 9.80. The number of carbonyl (C=O) groups is 1. The molecule has 0 spiro atoms. The van der Waals surface area contributed by atoms with Gasteiger partial charge in [-0.3, -0.25) is 0 Å². The summed E-state index contributed by atoms with van der Waals surface area (Å²) < 4.78 is 37.5. The lowest BCUT2D eigenvalue weighted by Gasteiger charge is -2.32. The number of unbranched alkanes of at least 4 members (excludes halogenated alkanes) is 2. The van der Waals surface area contributed by atoms with E-state index in [1.54, 1.807) is 30.3 Å². The molecule has 1 aliphatic carbocycles. The molecule has 1 aromatic carbocycles. The van der Waals surface area contributed by atoms with Crippen LogP contribution < -0.4 is 4.57 Å². The van der Waals surface area contributed by atoms with E-state index in [-0.39, 0.29) is 19.4 Å². The molecule has 3 rings (SSSR count). The molecule has 7 heteroatoms. The van der Waals surface area contributed by atoms with Crippen LogP contribution in [0.4, 0.5) is 8.78 Å². The minimum absolute atomic E-state index is 0.0775. The van der Waals surface area contributed by atoms with Crippen molar-refractivity contribution in [3.05, 3.63) is 54.1 Å². The SMILES string of the molecule is CCCCCn1cc[n+](CCCOC(=O)[C@](O)(c2ccccc2)[C@H]2CCC(F)(F)C2)c1C. The van der Waals surface area contributed by atoms with Crippen LogP contribution in [0.2, 0.25) is 0 Å². The largest absolute Gasteiger partial charge is 0.463 e. The van der Waals surface area contributed by atoms with E-state index in [2.05, 4.69) is 29.2 Å². The predicted octanol–water partition coefficient (Wildman–Crippen LogP) is 4.53. The van der Waals surface area contributed by atoms with Gasteiger partial charge in [0.05, 0.1) is 19.7 Å². The van der Waals surface area contributed by atoms with Crippen molar-refractivity contribution in [2.24, 2.45) is 5.92 Å². The lowest BCUT2D eigenvalue weighted by molar-refractivity contribution is -0.702. The molecule has 1 aliphatic rings. The number of imidazole rings is 1. The van der Waals surface area contributed by atoms with Gasteiger partial charge < -0.3 is 9.84 Å². The highest BCUT2D eigenvalue weighted by molar-refractivity contribution is 5.81. The summed E-state index contributed by atoms with van der Waals surface area (Å²) >= 11 is 0. The molecule has 0 aliphatic heterocycles. The summed E-state index contributed by atoms with van der Waals surface area (Å²) in [5.74, 6) is -3.44. The van der Waals surface area contributed by atoms with Gasteiger partial charge in [0.1, 0.15) is 12.4 Å². The predicted molar refractivity (Wildman–Crippen MR) is 117 cm³/mol. The molecule has 0 radical (unpaired) electrons. The number of nitrogens with zero attached hydrogens (tertiary/aromatic N) is 2. The van der Waals surface area contributed by atoms with E-state index in [0.29, 0.717) is 18.5 Å². The fraction of sp³-hybridized carbons (Fsp3) is 0.600. The van der Waals surface area contributed by atoms with Crippen LogP contribution in [0.3, 0.4) is 0 Å². The van der Waals surface area contributed by atoms with Gasteiger partial charge in [-0.1, -0.05) is 43.7 Å². The van der Waals surface area contributed by atoms with E-state index in [1.165, 1.54) is 12.8 Å². The van der Waals surface area contributed by atoms with E-state index in [4.69, 9.17) is 4.74 Å². The van der Waals surface area contributed by atoms with Gasteiger partial charge in [-0.15, -0.1) is 0 Å². The molecule has 0 bridgehead atoms. The molecule has 1 aromatic heterocycles. The van der Waals surface area contributed by atoms with E-state index in [1.807, 2.05) is 6.20 Å². The Morgan fingerprint density at radius 2 is 2.03 bits per heavy atom. The van der Waals surface area contributed by atoms with Gasteiger partial charge in [-0.25, -0.2) is 22.7 Å². The standard InChI is InChI=1S/C25H35F2N2O3/c1-3-4-8-14-28-16-17-29(20(28)2)15-9-18-32-23(30)25(31,21-10-6-5-7-11-21)22-12-13-24(26,27)19-22/h5-7,10-11,16-17,22,31H,3-4,8-9,12-15,18-19H2,1-2H3/q+1/t22-,25-/m0/s1. The zero-order valence-corrected chi connectivity index (χ0v) is 19.1. The van der Waals surface area contributed by atoms with Gasteiger partial charge in [0, 0.05) is 32.1 Å². The number of aromatic nitrogens is 2. The third-order valence-electron chi connectivity index (χ3n) is 6.56. The van der Waals surface area contributed by atoms with Gasteiger partial charge in [-0.2, -0.15) is 0 Å². The molecule has 1 heterocycles. The molecule has 2 aromatic rings. The van der Waals surface area contributed by atoms with Crippen LogP contribution in [0.5, 0.6) is 0 Å². The normalized spacial score (nSPS) is 19.6. The second kappa shape index (κ2) is 10.6. The van der Waals surface area contributed by atoms with Crippen molar-refractivity contribution in [3.8, 4) is 0 Å². The fourth-order valence-corrected chi connectivity index (χ4v) is 4.58. The Kier molecular flexibility index (Phi) is 8.04. The minimum Gasteiger partial charge on any atom is -0.463 e. The Morgan fingerprint density at radius 1 is 1.28 bits per heavy atom. The maximum atomic E-state index is 13.9. The molecular weight excluding hydrogens is 414 g/mol. The first-order chi connectivity index (χ1) is 15.3. The molecule has 176 valence electrons. The topological polar surface area (TPSA) is 55.3 Å². The number of hydrogen-bond donors (Lipinski definition) is 1. The molecule has 5 nitrogen and oxygen atoms in total. The molecule has 0 amide bonds. The van der Waals surface area contributed by atoms with E-state index in [9.17, 15) is 18.7 Å². The first kappa shape index (κ1) is 24.4. The number of ether oxygens (including phenoxy) is 1. The van der Waals surface area contributed by atoms with Crippen LogP contribution in [-0.2, 0) is 28.2 Å².